The molecule has 0 radical (unpaired) electrons. The van der Waals surface area contributed by atoms with Crippen molar-refractivity contribution in [3.8, 4) is 0 Å². The van der Waals surface area contributed by atoms with E-state index in [0.717, 1.165) is 18.4 Å². The molecule has 1 saturated heterocycles. The Balaban J connectivity index is 1.64. The largest absolute Gasteiger partial charge is 0.375 e. The van der Waals surface area contributed by atoms with E-state index in [1.54, 1.807) is 24.3 Å². The molecule has 0 aromatic heterocycles. The topological polar surface area (TPSA) is 93.5 Å². The van der Waals surface area contributed by atoms with E-state index >= 15 is 0 Å². The summed E-state index contributed by atoms with van der Waals surface area (Å²) in [4.78, 5) is 22.7. The minimum Gasteiger partial charge on any atom is -0.375 e. The van der Waals surface area contributed by atoms with Crippen LogP contribution < -0.4 is 10.6 Å². The number of hydrogen-bond acceptors (Lipinski definition) is 5. The summed E-state index contributed by atoms with van der Waals surface area (Å²) < 4.78 is 5.37. The lowest BCUT2D eigenvalue weighted by atomic mass is 10.1. The lowest BCUT2D eigenvalue weighted by Crippen LogP contribution is -2.26. The minimum absolute atomic E-state index is 0.0327. The van der Waals surface area contributed by atoms with Gasteiger partial charge in [0.2, 0.25) is 0 Å². The fourth-order valence-corrected chi connectivity index (χ4v) is 2.75. The highest BCUT2D eigenvalue weighted by Gasteiger charge is 2.23. The highest BCUT2D eigenvalue weighted by molar-refractivity contribution is 5.94. The number of carbonyl (C=O) groups excluding carboxylic acids is 1. The monoisotopic (exact) mass is 341 g/mol. The fourth-order valence-electron chi connectivity index (χ4n) is 2.75. The van der Waals surface area contributed by atoms with Gasteiger partial charge in [0.15, 0.2) is 0 Å². The van der Waals surface area contributed by atoms with Crippen LogP contribution in [0.15, 0.2) is 48.5 Å². The molecule has 3 rings (SSSR count). The Morgan fingerprint density at radius 1 is 1.24 bits per heavy atom. The first-order valence-electron chi connectivity index (χ1n) is 8.12. The number of para-hydroxylation sites is 2. The number of rotatable bonds is 6. The third kappa shape index (κ3) is 4.33. The van der Waals surface area contributed by atoms with E-state index < -0.39 is 4.92 Å². The number of benzene rings is 2. The molecule has 1 heterocycles. The Hall–Kier alpha value is -2.93. The molecule has 2 N–H and O–H groups in total. The van der Waals surface area contributed by atoms with Gasteiger partial charge in [0.25, 0.3) is 11.6 Å². The minimum atomic E-state index is -0.416. The number of nitrogens with zero attached hydrogens (tertiary/aromatic N) is 1. The third-order valence-electron chi connectivity index (χ3n) is 4.00. The molecule has 2 aromatic carbocycles. The molecule has 0 aliphatic carbocycles. The van der Waals surface area contributed by atoms with E-state index in [4.69, 9.17) is 4.74 Å². The van der Waals surface area contributed by atoms with Gasteiger partial charge < -0.3 is 15.4 Å². The highest BCUT2D eigenvalue weighted by Crippen LogP contribution is 2.24. The number of carbonyl (C=O) groups is 1. The van der Waals surface area contributed by atoms with Gasteiger partial charge in [-0.3, -0.25) is 14.9 Å². The van der Waals surface area contributed by atoms with Gasteiger partial charge in [-0.15, -0.1) is 0 Å². The summed E-state index contributed by atoms with van der Waals surface area (Å²) in [6.07, 6.45) is 1.26. The van der Waals surface area contributed by atoms with Crippen LogP contribution in [0.4, 0.5) is 17.1 Å². The Kier molecular flexibility index (Phi) is 5.25. The molecular formula is C18H19N3O4. The van der Waals surface area contributed by atoms with Crippen LogP contribution in [0.25, 0.3) is 0 Å². The van der Waals surface area contributed by atoms with Crippen LogP contribution in [0, 0.1) is 10.1 Å². The second-order valence-corrected chi connectivity index (χ2v) is 5.82. The van der Waals surface area contributed by atoms with Crippen molar-refractivity contribution in [3.05, 3.63) is 64.2 Å². The number of amides is 1. The van der Waals surface area contributed by atoms with Crippen molar-refractivity contribution in [2.45, 2.75) is 25.5 Å². The third-order valence-corrected chi connectivity index (χ3v) is 4.00. The molecule has 2 aromatic rings. The van der Waals surface area contributed by atoms with Crippen LogP contribution in [0.1, 0.15) is 18.4 Å². The maximum atomic E-state index is 12.1. The first-order chi connectivity index (χ1) is 12.1. The SMILES string of the molecule is O=C(Nc1cccc(CNc2ccccc2[N+](=O)[O-])c1)[C@H]1CCCO1. The molecule has 0 saturated carbocycles. The summed E-state index contributed by atoms with van der Waals surface area (Å²) >= 11 is 0. The average Bonchev–Trinajstić information content (AvgIpc) is 3.15. The van der Waals surface area contributed by atoms with Crippen LogP contribution in [0.3, 0.4) is 0 Å². The maximum Gasteiger partial charge on any atom is 0.292 e. The molecule has 25 heavy (non-hydrogen) atoms. The van der Waals surface area contributed by atoms with Crippen molar-refractivity contribution in [2.75, 3.05) is 17.2 Å². The van der Waals surface area contributed by atoms with Crippen molar-refractivity contribution in [3.63, 3.8) is 0 Å². The Bertz CT molecular complexity index is 772. The Labute approximate surface area is 145 Å². The van der Waals surface area contributed by atoms with Gasteiger partial charge >= 0.3 is 0 Å². The van der Waals surface area contributed by atoms with Crippen LogP contribution >= 0.6 is 0 Å². The summed E-state index contributed by atoms with van der Waals surface area (Å²) in [5, 5.41) is 17.0. The van der Waals surface area contributed by atoms with E-state index in [-0.39, 0.29) is 17.7 Å². The molecular weight excluding hydrogens is 322 g/mol. The standard InChI is InChI=1S/C18H19N3O4/c22-18(17-9-4-10-25-17)20-14-6-3-5-13(11-14)12-19-15-7-1-2-8-16(15)21(23)24/h1-3,5-8,11,17,19H,4,9-10,12H2,(H,20,22)/t17-/m1/s1. The van der Waals surface area contributed by atoms with Crippen molar-refractivity contribution in [1.82, 2.24) is 0 Å². The van der Waals surface area contributed by atoms with E-state index in [0.29, 0.717) is 24.5 Å². The van der Waals surface area contributed by atoms with Crippen molar-refractivity contribution in [2.24, 2.45) is 0 Å². The molecule has 0 bridgehead atoms. The van der Waals surface area contributed by atoms with Gasteiger partial charge in [-0.25, -0.2) is 0 Å². The molecule has 7 nitrogen and oxygen atoms in total. The molecule has 1 fully saturated rings. The fraction of sp³-hybridized carbons (Fsp3) is 0.278. The van der Waals surface area contributed by atoms with Crippen molar-refractivity contribution in [1.29, 1.82) is 0 Å². The summed E-state index contributed by atoms with van der Waals surface area (Å²) in [6.45, 7) is 1.03. The van der Waals surface area contributed by atoms with E-state index in [2.05, 4.69) is 10.6 Å². The molecule has 0 spiro atoms. The zero-order valence-corrected chi connectivity index (χ0v) is 13.6. The number of nitro groups is 1. The van der Waals surface area contributed by atoms with Gasteiger partial charge in [0.1, 0.15) is 11.8 Å². The van der Waals surface area contributed by atoms with Crippen LogP contribution in [0.2, 0.25) is 0 Å². The van der Waals surface area contributed by atoms with Gasteiger partial charge in [-0.1, -0.05) is 24.3 Å². The van der Waals surface area contributed by atoms with Gasteiger partial charge in [-0.05, 0) is 36.6 Å². The quantitative estimate of drug-likeness (QED) is 0.621. The smallest absolute Gasteiger partial charge is 0.292 e. The summed E-state index contributed by atoms with van der Waals surface area (Å²) in [5.41, 5.74) is 2.08. The summed E-state index contributed by atoms with van der Waals surface area (Å²) in [5.74, 6) is -0.138. The number of hydrogen-bond donors (Lipinski definition) is 2. The van der Waals surface area contributed by atoms with Crippen molar-refractivity contribution < 1.29 is 14.5 Å². The first-order valence-corrected chi connectivity index (χ1v) is 8.12. The van der Waals surface area contributed by atoms with Crippen molar-refractivity contribution >= 4 is 23.0 Å². The molecule has 0 unspecified atom stereocenters. The number of nitro benzene ring substituents is 1. The lowest BCUT2D eigenvalue weighted by Gasteiger charge is -2.12. The second kappa shape index (κ2) is 7.76. The normalized spacial score (nSPS) is 16.4. The van der Waals surface area contributed by atoms with E-state index in [1.165, 1.54) is 6.07 Å². The lowest BCUT2D eigenvalue weighted by molar-refractivity contribution is -0.384. The van der Waals surface area contributed by atoms with Crippen LogP contribution in [0.5, 0.6) is 0 Å². The highest BCUT2D eigenvalue weighted by atomic mass is 16.6. The second-order valence-electron chi connectivity index (χ2n) is 5.82. The zero-order valence-electron chi connectivity index (χ0n) is 13.6. The van der Waals surface area contributed by atoms with E-state index in [1.807, 2.05) is 18.2 Å². The Morgan fingerprint density at radius 2 is 2.08 bits per heavy atom. The molecule has 1 aliphatic heterocycles. The van der Waals surface area contributed by atoms with Crippen LogP contribution in [-0.4, -0.2) is 23.5 Å². The van der Waals surface area contributed by atoms with Gasteiger partial charge in [0, 0.05) is 24.9 Å². The maximum absolute atomic E-state index is 12.1. The van der Waals surface area contributed by atoms with Gasteiger partial charge in [-0.2, -0.15) is 0 Å². The molecule has 1 atom stereocenters. The number of nitrogens with one attached hydrogen (secondary N) is 2. The zero-order chi connectivity index (χ0) is 17.6. The molecule has 1 amide bonds. The first kappa shape index (κ1) is 16.9. The van der Waals surface area contributed by atoms with Crippen LogP contribution in [-0.2, 0) is 16.1 Å². The molecule has 1 aliphatic rings. The molecule has 130 valence electrons. The predicted molar refractivity (Wildman–Crippen MR) is 94.5 cm³/mol. The summed E-state index contributed by atoms with van der Waals surface area (Å²) in [6, 6.07) is 13.9. The van der Waals surface area contributed by atoms with E-state index in [9.17, 15) is 14.9 Å². The predicted octanol–water partition coefficient (Wildman–Crippen LogP) is 3.32. The number of ether oxygens (including phenoxy) is 1. The number of anilines is 2. The molecule has 7 heteroatoms. The average molecular weight is 341 g/mol. The Morgan fingerprint density at radius 3 is 2.84 bits per heavy atom. The van der Waals surface area contributed by atoms with Gasteiger partial charge in [0.05, 0.1) is 4.92 Å². The summed E-state index contributed by atoms with van der Waals surface area (Å²) in [7, 11) is 0.